The van der Waals surface area contributed by atoms with Crippen molar-refractivity contribution in [3.8, 4) is 5.75 Å². The van der Waals surface area contributed by atoms with Gasteiger partial charge < -0.3 is 10.4 Å². The van der Waals surface area contributed by atoms with Gasteiger partial charge in [0, 0.05) is 11.3 Å². The molecule has 0 saturated carbocycles. The second-order valence-corrected chi connectivity index (χ2v) is 6.18. The largest absolute Gasteiger partial charge is 0.507 e. The Balaban J connectivity index is 1.64. The fourth-order valence-corrected chi connectivity index (χ4v) is 2.82. The molecule has 0 aromatic heterocycles. The molecule has 26 heavy (non-hydrogen) atoms. The third kappa shape index (κ3) is 4.00. The number of fused-ring (bicyclic) bond motifs is 1. The fraction of sp³-hybridized carbons (Fsp3) is 0.143. The van der Waals surface area contributed by atoms with Gasteiger partial charge in [0.05, 0.1) is 12.8 Å². The molecule has 0 bridgehead atoms. The highest BCUT2D eigenvalue weighted by Gasteiger charge is 2.05. The Morgan fingerprint density at radius 1 is 1.12 bits per heavy atom. The molecule has 1 amide bonds. The number of rotatable bonds is 5. The van der Waals surface area contributed by atoms with Crippen LogP contribution in [-0.2, 0) is 4.79 Å². The monoisotopic (exact) mass is 347 g/mol. The topological polar surface area (TPSA) is 73.7 Å². The highest BCUT2D eigenvalue weighted by Crippen LogP contribution is 2.25. The molecule has 0 radical (unpaired) electrons. The van der Waals surface area contributed by atoms with E-state index in [0.717, 1.165) is 22.0 Å². The van der Waals surface area contributed by atoms with Crippen molar-refractivity contribution in [3.63, 3.8) is 0 Å². The smallest absolute Gasteiger partial charge is 0.259 e. The molecule has 3 aromatic rings. The Bertz CT molecular complexity index is 980. The summed E-state index contributed by atoms with van der Waals surface area (Å²) in [6, 6.07) is 17.2. The van der Waals surface area contributed by atoms with Crippen LogP contribution in [-0.4, -0.2) is 23.8 Å². The van der Waals surface area contributed by atoms with Crippen LogP contribution in [0.15, 0.2) is 59.7 Å². The summed E-state index contributed by atoms with van der Waals surface area (Å²) in [7, 11) is 0. The van der Waals surface area contributed by atoms with Gasteiger partial charge in [-0.15, -0.1) is 0 Å². The van der Waals surface area contributed by atoms with Crippen LogP contribution < -0.4 is 10.7 Å². The van der Waals surface area contributed by atoms with E-state index < -0.39 is 0 Å². The summed E-state index contributed by atoms with van der Waals surface area (Å²) < 4.78 is 0. The third-order valence-corrected chi connectivity index (χ3v) is 4.15. The predicted molar refractivity (Wildman–Crippen MR) is 106 cm³/mol. The van der Waals surface area contributed by atoms with Crippen LogP contribution in [0, 0.1) is 13.8 Å². The van der Waals surface area contributed by atoms with Crippen molar-refractivity contribution in [1.82, 2.24) is 5.43 Å². The Hall–Kier alpha value is -3.34. The molecule has 5 heteroatoms. The van der Waals surface area contributed by atoms with Gasteiger partial charge in [0.25, 0.3) is 5.91 Å². The number of aryl methyl sites for hydroxylation is 2. The maximum absolute atomic E-state index is 12.0. The zero-order valence-corrected chi connectivity index (χ0v) is 14.8. The quantitative estimate of drug-likeness (QED) is 0.486. The van der Waals surface area contributed by atoms with Gasteiger partial charge in [0.1, 0.15) is 5.75 Å². The molecule has 3 N–H and O–H groups in total. The average molecular weight is 347 g/mol. The minimum atomic E-state index is -0.263. The second kappa shape index (κ2) is 7.70. The number of hydrazone groups is 1. The molecule has 0 aliphatic rings. The number of phenols is 1. The number of carbonyl (C=O) groups is 1. The van der Waals surface area contributed by atoms with Crippen molar-refractivity contribution >= 4 is 28.6 Å². The summed E-state index contributed by atoms with van der Waals surface area (Å²) in [4.78, 5) is 12.0. The first-order chi connectivity index (χ1) is 12.5. The summed E-state index contributed by atoms with van der Waals surface area (Å²) >= 11 is 0. The van der Waals surface area contributed by atoms with Crippen LogP contribution in [0.4, 0.5) is 5.69 Å². The lowest BCUT2D eigenvalue weighted by Gasteiger charge is -2.09. The van der Waals surface area contributed by atoms with Gasteiger partial charge in [0.15, 0.2) is 0 Å². The van der Waals surface area contributed by atoms with Gasteiger partial charge in [-0.05, 0) is 42.3 Å². The molecule has 0 aliphatic carbocycles. The Labute approximate surface area is 152 Å². The SMILES string of the molecule is Cc1ccc(NCC(=O)N/N=C/c2c(O)ccc3ccccc23)c(C)c1. The van der Waals surface area contributed by atoms with E-state index in [1.54, 1.807) is 6.07 Å². The standard InChI is InChI=1S/C21H21N3O2/c1-14-7-9-19(15(2)11-14)22-13-21(26)24-23-12-18-17-6-4-3-5-16(17)8-10-20(18)25/h3-12,22,25H,13H2,1-2H3,(H,24,26)/b23-12+. The lowest BCUT2D eigenvalue weighted by Crippen LogP contribution is -2.26. The Morgan fingerprint density at radius 3 is 2.73 bits per heavy atom. The average Bonchev–Trinajstić information content (AvgIpc) is 2.63. The van der Waals surface area contributed by atoms with E-state index in [1.807, 2.05) is 56.3 Å². The predicted octanol–water partition coefficient (Wildman–Crippen LogP) is 3.72. The normalized spacial score (nSPS) is 11.0. The first-order valence-corrected chi connectivity index (χ1v) is 8.38. The maximum atomic E-state index is 12.0. The first-order valence-electron chi connectivity index (χ1n) is 8.38. The summed E-state index contributed by atoms with van der Waals surface area (Å²) in [5, 5.41) is 19.0. The number of hydrogen-bond acceptors (Lipinski definition) is 4. The van der Waals surface area contributed by atoms with Crippen molar-refractivity contribution < 1.29 is 9.90 Å². The molecule has 0 atom stereocenters. The molecular formula is C21H21N3O2. The van der Waals surface area contributed by atoms with E-state index in [2.05, 4.69) is 21.9 Å². The van der Waals surface area contributed by atoms with E-state index in [-0.39, 0.29) is 18.2 Å². The van der Waals surface area contributed by atoms with E-state index >= 15 is 0 Å². The van der Waals surface area contributed by atoms with Crippen LogP contribution >= 0.6 is 0 Å². The van der Waals surface area contributed by atoms with Crippen LogP contribution in [0.3, 0.4) is 0 Å². The lowest BCUT2D eigenvalue weighted by molar-refractivity contribution is -0.119. The number of carbonyl (C=O) groups excluding carboxylic acids is 1. The molecule has 0 fully saturated rings. The summed E-state index contributed by atoms with van der Waals surface area (Å²) in [6.45, 7) is 4.14. The van der Waals surface area contributed by atoms with Crippen molar-refractivity contribution in [2.24, 2.45) is 5.10 Å². The fourth-order valence-electron chi connectivity index (χ4n) is 2.82. The summed E-state index contributed by atoms with van der Waals surface area (Å²) in [5.74, 6) is -0.143. The molecule has 0 spiro atoms. The molecule has 0 saturated heterocycles. The molecule has 0 aliphatic heterocycles. The molecule has 3 rings (SSSR count). The van der Waals surface area contributed by atoms with E-state index in [0.29, 0.717) is 5.56 Å². The van der Waals surface area contributed by atoms with Crippen molar-refractivity contribution in [2.45, 2.75) is 13.8 Å². The van der Waals surface area contributed by atoms with Crippen molar-refractivity contribution in [2.75, 3.05) is 11.9 Å². The number of anilines is 1. The van der Waals surface area contributed by atoms with Gasteiger partial charge >= 0.3 is 0 Å². The third-order valence-electron chi connectivity index (χ3n) is 4.15. The summed E-state index contributed by atoms with van der Waals surface area (Å²) in [6.07, 6.45) is 1.46. The number of nitrogens with zero attached hydrogens (tertiary/aromatic N) is 1. The van der Waals surface area contributed by atoms with Gasteiger partial charge in [0.2, 0.25) is 0 Å². The van der Waals surface area contributed by atoms with Crippen molar-refractivity contribution in [1.29, 1.82) is 0 Å². The second-order valence-electron chi connectivity index (χ2n) is 6.18. The molecule has 0 unspecified atom stereocenters. The molecular weight excluding hydrogens is 326 g/mol. The van der Waals surface area contributed by atoms with E-state index in [9.17, 15) is 9.90 Å². The number of phenolic OH excluding ortho intramolecular Hbond substituents is 1. The zero-order valence-electron chi connectivity index (χ0n) is 14.8. The highest BCUT2D eigenvalue weighted by molar-refractivity contribution is 6.02. The molecule has 5 nitrogen and oxygen atoms in total. The Morgan fingerprint density at radius 2 is 1.92 bits per heavy atom. The van der Waals surface area contributed by atoms with Gasteiger partial charge in [-0.1, -0.05) is 48.0 Å². The number of hydrogen-bond donors (Lipinski definition) is 3. The minimum Gasteiger partial charge on any atom is -0.507 e. The van der Waals surface area contributed by atoms with Crippen LogP contribution in [0.1, 0.15) is 16.7 Å². The summed E-state index contributed by atoms with van der Waals surface area (Å²) in [5.41, 5.74) is 6.24. The van der Waals surface area contributed by atoms with Gasteiger partial charge in [-0.25, -0.2) is 5.43 Å². The van der Waals surface area contributed by atoms with E-state index in [4.69, 9.17) is 0 Å². The van der Waals surface area contributed by atoms with Gasteiger partial charge in [-0.2, -0.15) is 5.10 Å². The maximum Gasteiger partial charge on any atom is 0.259 e. The highest BCUT2D eigenvalue weighted by atomic mass is 16.3. The van der Waals surface area contributed by atoms with Crippen LogP contribution in [0.2, 0.25) is 0 Å². The minimum absolute atomic E-state index is 0.114. The van der Waals surface area contributed by atoms with E-state index in [1.165, 1.54) is 11.8 Å². The number of amides is 1. The lowest BCUT2D eigenvalue weighted by atomic mass is 10.0. The first kappa shape index (κ1) is 17.5. The van der Waals surface area contributed by atoms with Gasteiger partial charge in [-0.3, -0.25) is 4.79 Å². The van der Waals surface area contributed by atoms with Crippen molar-refractivity contribution in [3.05, 3.63) is 71.3 Å². The zero-order chi connectivity index (χ0) is 18.5. The van der Waals surface area contributed by atoms with Crippen LogP contribution in [0.25, 0.3) is 10.8 Å². The number of benzene rings is 3. The Kier molecular flexibility index (Phi) is 5.17. The number of aromatic hydroxyl groups is 1. The molecule has 0 heterocycles. The molecule has 132 valence electrons. The number of nitrogens with one attached hydrogen (secondary N) is 2. The molecule has 3 aromatic carbocycles. The van der Waals surface area contributed by atoms with Crippen LogP contribution in [0.5, 0.6) is 5.75 Å².